The molecule has 0 spiro atoms. The molecule has 0 unspecified atom stereocenters. The van der Waals surface area contributed by atoms with Crippen molar-refractivity contribution in [3.63, 3.8) is 0 Å². The molecule has 0 amide bonds. The summed E-state index contributed by atoms with van der Waals surface area (Å²) in [7, 11) is 0. The summed E-state index contributed by atoms with van der Waals surface area (Å²) < 4.78 is 1.82. The number of rotatable bonds is 4. The number of hydrogen-bond donors (Lipinski definition) is 1. The maximum Gasteiger partial charge on any atom is 0.338 e. The van der Waals surface area contributed by atoms with Gasteiger partial charge in [-0.25, -0.2) is 9.48 Å². The Hall–Kier alpha value is -1.91. The lowest BCUT2D eigenvalue weighted by molar-refractivity contribution is 0.0699. The standard InChI is InChI=1S/C13H15N3O2/c17-13(18)10-5-2-6-11-12(10)14-15-16(11)8-7-9-3-1-4-9/h2,5-6,9H,1,3-4,7-8H2,(H,17,18). The van der Waals surface area contributed by atoms with Gasteiger partial charge in [0, 0.05) is 6.54 Å². The fourth-order valence-electron chi connectivity index (χ4n) is 2.42. The minimum Gasteiger partial charge on any atom is -0.478 e. The molecule has 1 aromatic carbocycles. The lowest BCUT2D eigenvalue weighted by Crippen LogP contribution is -2.14. The van der Waals surface area contributed by atoms with Crippen molar-refractivity contribution in [1.29, 1.82) is 0 Å². The van der Waals surface area contributed by atoms with Gasteiger partial charge in [-0.2, -0.15) is 0 Å². The highest BCUT2D eigenvalue weighted by Crippen LogP contribution is 2.30. The van der Waals surface area contributed by atoms with E-state index >= 15 is 0 Å². The normalized spacial score (nSPS) is 15.8. The third kappa shape index (κ3) is 1.85. The Labute approximate surface area is 104 Å². The summed E-state index contributed by atoms with van der Waals surface area (Å²) in [6.07, 6.45) is 5.07. The molecule has 0 aliphatic heterocycles. The Morgan fingerprint density at radius 3 is 2.94 bits per heavy atom. The van der Waals surface area contributed by atoms with Crippen LogP contribution in [0.3, 0.4) is 0 Å². The van der Waals surface area contributed by atoms with Crippen molar-refractivity contribution in [2.45, 2.75) is 32.2 Å². The molecule has 1 N–H and O–H groups in total. The first kappa shape index (κ1) is 11.2. The smallest absolute Gasteiger partial charge is 0.338 e. The van der Waals surface area contributed by atoms with Crippen LogP contribution < -0.4 is 0 Å². The molecule has 1 heterocycles. The monoisotopic (exact) mass is 245 g/mol. The molecule has 5 heteroatoms. The van der Waals surface area contributed by atoms with Crippen LogP contribution in [0.4, 0.5) is 0 Å². The van der Waals surface area contributed by atoms with Gasteiger partial charge in [-0.1, -0.05) is 30.5 Å². The summed E-state index contributed by atoms with van der Waals surface area (Å²) in [6, 6.07) is 5.19. The second kappa shape index (κ2) is 4.40. The maximum atomic E-state index is 11.1. The molecular formula is C13H15N3O2. The fraction of sp³-hybridized carbons (Fsp3) is 0.462. The third-order valence-corrected chi connectivity index (χ3v) is 3.75. The van der Waals surface area contributed by atoms with Crippen LogP contribution in [0.15, 0.2) is 18.2 Å². The summed E-state index contributed by atoms with van der Waals surface area (Å²) in [6.45, 7) is 0.824. The van der Waals surface area contributed by atoms with Crippen molar-refractivity contribution < 1.29 is 9.90 Å². The van der Waals surface area contributed by atoms with E-state index in [1.807, 2.05) is 10.7 Å². The second-order valence-electron chi connectivity index (χ2n) is 4.88. The summed E-state index contributed by atoms with van der Waals surface area (Å²) >= 11 is 0. The number of aromatic carboxylic acids is 1. The fourth-order valence-corrected chi connectivity index (χ4v) is 2.42. The van der Waals surface area contributed by atoms with Gasteiger partial charge in [-0.15, -0.1) is 5.10 Å². The number of carboxylic acid groups (broad SMARTS) is 1. The Kier molecular flexibility index (Phi) is 2.74. The van der Waals surface area contributed by atoms with Gasteiger partial charge in [-0.05, 0) is 24.5 Å². The molecule has 0 saturated heterocycles. The predicted octanol–water partition coefficient (Wildman–Crippen LogP) is 2.32. The molecule has 5 nitrogen and oxygen atoms in total. The largest absolute Gasteiger partial charge is 0.478 e. The van der Waals surface area contributed by atoms with Crippen molar-refractivity contribution in [3.05, 3.63) is 23.8 Å². The van der Waals surface area contributed by atoms with Crippen molar-refractivity contribution in [1.82, 2.24) is 15.0 Å². The SMILES string of the molecule is O=C(O)c1cccc2c1nnn2CCC1CCC1. The summed E-state index contributed by atoms with van der Waals surface area (Å²) in [4.78, 5) is 11.1. The number of aromatic nitrogens is 3. The summed E-state index contributed by atoms with van der Waals surface area (Å²) in [5, 5.41) is 17.1. The molecule has 0 atom stereocenters. The van der Waals surface area contributed by atoms with Crippen molar-refractivity contribution in [3.8, 4) is 0 Å². The van der Waals surface area contributed by atoms with Crippen molar-refractivity contribution in [2.24, 2.45) is 5.92 Å². The molecule has 0 bridgehead atoms. The van der Waals surface area contributed by atoms with Crippen LogP contribution in [-0.4, -0.2) is 26.1 Å². The topological polar surface area (TPSA) is 68.0 Å². The van der Waals surface area contributed by atoms with Crippen LogP contribution >= 0.6 is 0 Å². The molecule has 1 fully saturated rings. The molecule has 1 aromatic heterocycles. The first-order chi connectivity index (χ1) is 8.75. The quantitative estimate of drug-likeness (QED) is 0.897. The van der Waals surface area contributed by atoms with Crippen LogP contribution in [-0.2, 0) is 6.54 Å². The van der Waals surface area contributed by atoms with E-state index in [9.17, 15) is 4.79 Å². The van der Waals surface area contributed by atoms with Crippen LogP contribution in [0.5, 0.6) is 0 Å². The number of hydrogen-bond acceptors (Lipinski definition) is 3. The molecule has 2 aromatic rings. The number of carbonyl (C=O) groups is 1. The third-order valence-electron chi connectivity index (χ3n) is 3.75. The molecule has 1 saturated carbocycles. The molecule has 94 valence electrons. The first-order valence-corrected chi connectivity index (χ1v) is 6.31. The van der Waals surface area contributed by atoms with Gasteiger partial charge in [-0.3, -0.25) is 0 Å². The first-order valence-electron chi connectivity index (χ1n) is 6.31. The zero-order chi connectivity index (χ0) is 12.5. The minimum absolute atomic E-state index is 0.224. The zero-order valence-electron chi connectivity index (χ0n) is 10.0. The number of nitrogens with zero attached hydrogens (tertiary/aromatic N) is 3. The van der Waals surface area contributed by atoms with Crippen LogP contribution in [0.1, 0.15) is 36.0 Å². The van der Waals surface area contributed by atoms with Gasteiger partial charge in [0.1, 0.15) is 5.52 Å². The van der Waals surface area contributed by atoms with E-state index < -0.39 is 5.97 Å². The van der Waals surface area contributed by atoms with Crippen LogP contribution in [0, 0.1) is 5.92 Å². The van der Waals surface area contributed by atoms with E-state index in [0.29, 0.717) is 5.52 Å². The highest BCUT2D eigenvalue weighted by molar-refractivity contribution is 6.00. The predicted molar refractivity (Wildman–Crippen MR) is 66.4 cm³/mol. The van der Waals surface area contributed by atoms with Crippen LogP contribution in [0.25, 0.3) is 11.0 Å². The number of aryl methyl sites for hydroxylation is 1. The molecule has 1 aliphatic carbocycles. The lowest BCUT2D eigenvalue weighted by Gasteiger charge is -2.24. The van der Waals surface area contributed by atoms with E-state index in [0.717, 1.165) is 24.4 Å². The van der Waals surface area contributed by atoms with Gasteiger partial charge in [0.15, 0.2) is 0 Å². The van der Waals surface area contributed by atoms with Gasteiger partial charge in [0.05, 0.1) is 11.1 Å². The minimum atomic E-state index is -0.952. The zero-order valence-corrected chi connectivity index (χ0v) is 10.0. The lowest BCUT2D eigenvalue weighted by atomic mass is 9.83. The van der Waals surface area contributed by atoms with Gasteiger partial charge < -0.3 is 5.11 Å². The second-order valence-corrected chi connectivity index (χ2v) is 4.88. The van der Waals surface area contributed by atoms with E-state index in [2.05, 4.69) is 10.3 Å². The molecule has 3 rings (SSSR count). The van der Waals surface area contributed by atoms with Gasteiger partial charge in [0.25, 0.3) is 0 Å². The Balaban J connectivity index is 1.88. The van der Waals surface area contributed by atoms with E-state index in [-0.39, 0.29) is 5.56 Å². The Morgan fingerprint density at radius 2 is 2.28 bits per heavy atom. The number of fused-ring (bicyclic) bond motifs is 1. The Bertz CT molecular complexity index is 587. The molecule has 18 heavy (non-hydrogen) atoms. The number of carboxylic acids is 1. The average molecular weight is 245 g/mol. The van der Waals surface area contributed by atoms with E-state index in [4.69, 9.17) is 5.11 Å². The Morgan fingerprint density at radius 1 is 1.44 bits per heavy atom. The summed E-state index contributed by atoms with van der Waals surface area (Å²) in [5.41, 5.74) is 1.52. The van der Waals surface area contributed by atoms with Crippen LogP contribution in [0.2, 0.25) is 0 Å². The molecule has 0 radical (unpaired) electrons. The van der Waals surface area contributed by atoms with Crippen molar-refractivity contribution >= 4 is 17.0 Å². The molecular weight excluding hydrogens is 230 g/mol. The van der Waals surface area contributed by atoms with Gasteiger partial charge >= 0.3 is 5.97 Å². The molecule has 1 aliphatic rings. The maximum absolute atomic E-state index is 11.1. The van der Waals surface area contributed by atoms with Gasteiger partial charge in [0.2, 0.25) is 0 Å². The number of benzene rings is 1. The highest BCUT2D eigenvalue weighted by atomic mass is 16.4. The average Bonchev–Trinajstić information content (AvgIpc) is 2.70. The van der Waals surface area contributed by atoms with E-state index in [1.54, 1.807) is 12.1 Å². The van der Waals surface area contributed by atoms with E-state index in [1.165, 1.54) is 19.3 Å². The van der Waals surface area contributed by atoms with Crippen molar-refractivity contribution in [2.75, 3.05) is 0 Å². The summed E-state index contributed by atoms with van der Waals surface area (Å²) in [5.74, 6) is -0.140. The highest BCUT2D eigenvalue weighted by Gasteiger charge is 2.18.